The van der Waals surface area contributed by atoms with E-state index in [1.165, 1.54) is 4.31 Å². The Kier molecular flexibility index (Phi) is 5.48. The average molecular weight is 479 g/mol. The van der Waals surface area contributed by atoms with Gasteiger partial charge >= 0.3 is 0 Å². The molecule has 1 unspecified atom stereocenters. The van der Waals surface area contributed by atoms with Gasteiger partial charge in [0.25, 0.3) is 10.0 Å². The molecular formula is C17H23ClN4O4S3. The predicted molar refractivity (Wildman–Crippen MR) is 114 cm³/mol. The first-order valence-electron chi connectivity index (χ1n) is 9.35. The minimum atomic E-state index is -3.53. The van der Waals surface area contributed by atoms with Crippen LogP contribution in [0.15, 0.2) is 16.3 Å². The lowest BCUT2D eigenvalue weighted by molar-refractivity contribution is 0.385. The summed E-state index contributed by atoms with van der Waals surface area (Å²) < 4.78 is 53.3. The maximum atomic E-state index is 12.8. The number of sulfonamides is 1. The van der Waals surface area contributed by atoms with Gasteiger partial charge in [-0.25, -0.2) is 16.8 Å². The Morgan fingerprint density at radius 3 is 2.41 bits per heavy atom. The van der Waals surface area contributed by atoms with E-state index in [0.717, 1.165) is 28.4 Å². The van der Waals surface area contributed by atoms with Gasteiger partial charge < -0.3 is 4.90 Å². The van der Waals surface area contributed by atoms with Crippen LogP contribution in [0.25, 0.3) is 0 Å². The van der Waals surface area contributed by atoms with Crippen LogP contribution < -0.4 is 4.90 Å². The molecule has 0 spiro atoms. The van der Waals surface area contributed by atoms with Gasteiger partial charge in [0.05, 0.1) is 39.0 Å². The number of nitrogens with zero attached hydrogens (tertiary/aromatic N) is 4. The molecule has 2 fully saturated rings. The van der Waals surface area contributed by atoms with Crippen molar-refractivity contribution in [2.24, 2.45) is 0 Å². The van der Waals surface area contributed by atoms with Gasteiger partial charge in [0.1, 0.15) is 4.21 Å². The van der Waals surface area contributed by atoms with Crippen molar-refractivity contribution < 1.29 is 16.8 Å². The third kappa shape index (κ3) is 3.95. The fourth-order valence-electron chi connectivity index (χ4n) is 4.15. The van der Waals surface area contributed by atoms with Crippen LogP contribution in [0.2, 0.25) is 4.34 Å². The highest BCUT2D eigenvalue weighted by Crippen LogP contribution is 2.33. The molecule has 2 saturated heterocycles. The zero-order valence-corrected chi connectivity index (χ0v) is 19.4. The van der Waals surface area contributed by atoms with Crippen molar-refractivity contribution in [2.45, 2.75) is 30.5 Å². The molecule has 2 aliphatic heterocycles. The van der Waals surface area contributed by atoms with Crippen molar-refractivity contribution >= 4 is 48.5 Å². The smallest absolute Gasteiger partial charge is 0.252 e. The topological polar surface area (TPSA) is 92.6 Å². The summed E-state index contributed by atoms with van der Waals surface area (Å²) in [4.78, 5) is 2.14. The number of sulfone groups is 1. The summed E-state index contributed by atoms with van der Waals surface area (Å²) in [5.74, 6) is 0.332. The zero-order valence-electron chi connectivity index (χ0n) is 16.2. The van der Waals surface area contributed by atoms with Gasteiger partial charge in [-0.15, -0.1) is 11.3 Å². The number of piperazine rings is 1. The zero-order chi connectivity index (χ0) is 21.0. The number of thiophene rings is 1. The minimum Gasteiger partial charge on any atom is -0.366 e. The Labute approximate surface area is 180 Å². The molecule has 2 aromatic heterocycles. The molecule has 0 aliphatic carbocycles. The second kappa shape index (κ2) is 7.52. The van der Waals surface area contributed by atoms with E-state index in [0.29, 0.717) is 36.9 Å². The van der Waals surface area contributed by atoms with Crippen LogP contribution in [-0.2, 0) is 19.9 Å². The van der Waals surface area contributed by atoms with Gasteiger partial charge in [0.15, 0.2) is 9.84 Å². The summed E-state index contributed by atoms with van der Waals surface area (Å²) in [6.07, 6.45) is 0.582. The molecule has 0 amide bonds. The largest absolute Gasteiger partial charge is 0.366 e. The van der Waals surface area contributed by atoms with Gasteiger partial charge in [0, 0.05) is 26.2 Å². The van der Waals surface area contributed by atoms with Crippen LogP contribution in [0, 0.1) is 13.8 Å². The highest BCUT2D eigenvalue weighted by atomic mass is 35.5. The third-order valence-corrected chi connectivity index (χ3v) is 10.9. The number of rotatable bonds is 4. The van der Waals surface area contributed by atoms with E-state index in [1.807, 2.05) is 18.5 Å². The fourth-order valence-corrected chi connectivity index (χ4v) is 8.90. The molecule has 4 rings (SSSR count). The van der Waals surface area contributed by atoms with Crippen LogP contribution in [-0.4, -0.2) is 68.6 Å². The fraction of sp³-hybridized carbons (Fsp3) is 0.588. The number of hydrogen-bond acceptors (Lipinski definition) is 7. The summed E-state index contributed by atoms with van der Waals surface area (Å²) in [6, 6.07) is 3.01. The lowest BCUT2D eigenvalue weighted by atomic mass is 10.2. The Bertz CT molecular complexity index is 1130. The van der Waals surface area contributed by atoms with Gasteiger partial charge in [0.2, 0.25) is 0 Å². The first-order valence-corrected chi connectivity index (χ1v) is 13.8. The lowest BCUT2D eigenvalue weighted by Crippen LogP contribution is -2.48. The second-order valence-electron chi connectivity index (χ2n) is 7.47. The van der Waals surface area contributed by atoms with Gasteiger partial charge in [-0.2, -0.15) is 9.40 Å². The number of anilines is 1. The molecule has 12 heteroatoms. The molecule has 8 nitrogen and oxygen atoms in total. The molecule has 4 heterocycles. The standard InChI is InChI=1S/C17H23ClN4O4S3/c1-12-17(13(2)22(19-12)14-5-10-28(23,24)11-14)20-6-8-21(9-7-20)29(25,26)16-4-3-15(18)27-16/h3-4,14H,5-11H2,1-2H3. The normalized spacial score (nSPS) is 23.0. The van der Waals surface area contributed by atoms with Gasteiger partial charge in [-0.1, -0.05) is 11.6 Å². The van der Waals surface area contributed by atoms with Crippen molar-refractivity contribution in [3.63, 3.8) is 0 Å². The molecule has 1 atom stereocenters. The summed E-state index contributed by atoms with van der Waals surface area (Å²) >= 11 is 6.97. The number of aryl methyl sites for hydroxylation is 1. The molecule has 29 heavy (non-hydrogen) atoms. The summed E-state index contributed by atoms with van der Waals surface area (Å²) in [5.41, 5.74) is 2.75. The first kappa shape index (κ1) is 21.1. The Hall–Kier alpha value is -1.14. The summed E-state index contributed by atoms with van der Waals surface area (Å²) in [7, 11) is -6.53. The highest BCUT2D eigenvalue weighted by molar-refractivity contribution is 7.91. The molecule has 2 aliphatic rings. The van der Waals surface area contributed by atoms with Crippen molar-refractivity contribution in [2.75, 3.05) is 42.6 Å². The molecule has 0 bridgehead atoms. The monoisotopic (exact) mass is 478 g/mol. The minimum absolute atomic E-state index is 0.127. The van der Waals surface area contributed by atoms with Crippen molar-refractivity contribution in [3.05, 3.63) is 27.9 Å². The number of halogens is 1. The Balaban J connectivity index is 1.51. The van der Waals surface area contributed by atoms with E-state index >= 15 is 0 Å². The molecule has 0 N–H and O–H groups in total. The van der Waals surface area contributed by atoms with E-state index in [2.05, 4.69) is 10.00 Å². The van der Waals surface area contributed by atoms with E-state index in [1.54, 1.807) is 12.1 Å². The van der Waals surface area contributed by atoms with Gasteiger partial charge in [-0.05, 0) is 32.4 Å². The Morgan fingerprint density at radius 1 is 1.17 bits per heavy atom. The van der Waals surface area contributed by atoms with Crippen LogP contribution in [0.4, 0.5) is 5.69 Å². The molecule has 0 aromatic carbocycles. The molecule has 0 radical (unpaired) electrons. The maximum Gasteiger partial charge on any atom is 0.252 e. The molecule has 160 valence electrons. The summed E-state index contributed by atoms with van der Waals surface area (Å²) in [6.45, 7) is 5.72. The molecule has 0 saturated carbocycles. The van der Waals surface area contributed by atoms with E-state index in [4.69, 9.17) is 11.6 Å². The Morgan fingerprint density at radius 2 is 1.86 bits per heavy atom. The average Bonchev–Trinajstić information content (AvgIpc) is 3.33. The lowest BCUT2D eigenvalue weighted by Gasteiger charge is -2.35. The van der Waals surface area contributed by atoms with Gasteiger partial charge in [-0.3, -0.25) is 4.68 Å². The summed E-state index contributed by atoms with van der Waals surface area (Å²) in [5, 5.41) is 4.62. The van der Waals surface area contributed by atoms with Crippen molar-refractivity contribution in [1.29, 1.82) is 0 Å². The SMILES string of the molecule is Cc1nn(C2CCS(=O)(=O)C2)c(C)c1N1CCN(S(=O)(=O)c2ccc(Cl)s2)CC1. The van der Waals surface area contributed by atoms with Crippen LogP contribution in [0.3, 0.4) is 0 Å². The maximum absolute atomic E-state index is 12.8. The third-order valence-electron chi connectivity index (χ3n) is 5.54. The first-order chi connectivity index (χ1) is 13.6. The van der Waals surface area contributed by atoms with E-state index in [-0.39, 0.29) is 21.8 Å². The number of aromatic nitrogens is 2. The van der Waals surface area contributed by atoms with Crippen LogP contribution in [0.5, 0.6) is 0 Å². The molecular weight excluding hydrogens is 456 g/mol. The van der Waals surface area contributed by atoms with E-state index in [9.17, 15) is 16.8 Å². The second-order valence-corrected chi connectivity index (χ2v) is 13.6. The molecule has 2 aromatic rings. The predicted octanol–water partition coefficient (Wildman–Crippen LogP) is 2.09. The van der Waals surface area contributed by atoms with Crippen molar-refractivity contribution in [3.8, 4) is 0 Å². The quantitative estimate of drug-likeness (QED) is 0.668. The van der Waals surface area contributed by atoms with E-state index < -0.39 is 19.9 Å². The number of hydrogen-bond donors (Lipinski definition) is 0. The highest BCUT2D eigenvalue weighted by Gasteiger charge is 2.34. The van der Waals surface area contributed by atoms with Crippen LogP contribution >= 0.6 is 22.9 Å². The van der Waals surface area contributed by atoms with Crippen LogP contribution in [0.1, 0.15) is 23.9 Å². The van der Waals surface area contributed by atoms with Crippen molar-refractivity contribution in [1.82, 2.24) is 14.1 Å².